The second kappa shape index (κ2) is 5.62. The van der Waals surface area contributed by atoms with Crippen LogP contribution in [0.25, 0.3) is 0 Å². The number of allylic oxidation sites excluding steroid dienone is 1. The summed E-state index contributed by atoms with van der Waals surface area (Å²) >= 11 is 0. The highest BCUT2D eigenvalue weighted by Gasteiger charge is 2.57. The number of carbonyl (C=O) groups excluding carboxylic acids is 1. The van der Waals surface area contributed by atoms with E-state index in [-0.39, 0.29) is 23.2 Å². The monoisotopic (exact) mass is 340 g/mol. The summed E-state index contributed by atoms with van der Waals surface area (Å²) in [7, 11) is 0. The summed E-state index contributed by atoms with van der Waals surface area (Å²) in [5, 5.41) is 10.0. The third-order valence-corrected chi connectivity index (χ3v) is 7.44. The third kappa shape index (κ3) is 2.35. The second-order valence-corrected chi connectivity index (χ2v) is 8.61. The molecule has 3 heteroatoms. The van der Waals surface area contributed by atoms with Crippen molar-refractivity contribution < 1.29 is 14.6 Å². The number of phenolic OH excluding ortho intramolecular Hbond substituents is 1. The molecule has 1 N–H and O–H groups in total. The Morgan fingerprint density at radius 1 is 1.32 bits per heavy atom. The number of hydrogen-bond donors (Lipinski definition) is 1. The maximum Gasteiger partial charge on any atom is 0.303 e. The van der Waals surface area contributed by atoms with Crippen LogP contribution in [0.1, 0.15) is 69.6 Å². The topological polar surface area (TPSA) is 46.5 Å². The average molecular weight is 340 g/mol. The molecule has 4 rings (SSSR count). The average Bonchev–Trinajstić information content (AvgIpc) is 2.96. The Kier molecular flexibility index (Phi) is 3.75. The van der Waals surface area contributed by atoms with Crippen LogP contribution < -0.4 is 0 Å². The van der Waals surface area contributed by atoms with E-state index >= 15 is 0 Å². The van der Waals surface area contributed by atoms with E-state index < -0.39 is 0 Å². The quantitative estimate of drug-likeness (QED) is 0.606. The number of carbonyl (C=O) groups is 1. The Morgan fingerprint density at radius 2 is 2.12 bits per heavy atom. The Balaban J connectivity index is 1.86. The lowest BCUT2D eigenvalue weighted by Crippen LogP contribution is -2.50. The molecule has 3 nitrogen and oxygen atoms in total. The van der Waals surface area contributed by atoms with Crippen molar-refractivity contribution in [3.63, 3.8) is 0 Å². The van der Waals surface area contributed by atoms with Crippen LogP contribution in [0.5, 0.6) is 5.75 Å². The number of aromatic hydroxyl groups is 1. The number of hydrogen-bond acceptors (Lipinski definition) is 3. The van der Waals surface area contributed by atoms with E-state index in [1.54, 1.807) is 12.1 Å². The smallest absolute Gasteiger partial charge is 0.303 e. The zero-order valence-electron chi connectivity index (χ0n) is 15.3. The lowest BCUT2D eigenvalue weighted by molar-refractivity contribution is -0.150. The molecule has 134 valence electrons. The minimum Gasteiger partial charge on any atom is -0.508 e. The number of fused-ring (bicyclic) bond motifs is 5. The Labute approximate surface area is 150 Å². The molecule has 5 atom stereocenters. The van der Waals surface area contributed by atoms with E-state index in [0.717, 1.165) is 18.4 Å². The fourth-order valence-electron chi connectivity index (χ4n) is 6.28. The minimum atomic E-state index is -0.263. The summed E-state index contributed by atoms with van der Waals surface area (Å²) in [4.78, 5) is 11.7. The van der Waals surface area contributed by atoms with Crippen LogP contribution >= 0.6 is 0 Å². The van der Waals surface area contributed by atoms with Crippen molar-refractivity contribution in [3.8, 4) is 5.75 Å². The summed E-state index contributed by atoms with van der Waals surface area (Å²) < 4.78 is 5.71. The number of phenols is 1. The van der Waals surface area contributed by atoms with E-state index in [9.17, 15) is 9.90 Å². The fraction of sp³-hybridized carbons (Fsp3) is 0.591. The van der Waals surface area contributed by atoms with Crippen LogP contribution in [0.15, 0.2) is 30.9 Å². The van der Waals surface area contributed by atoms with Gasteiger partial charge in [0.2, 0.25) is 0 Å². The van der Waals surface area contributed by atoms with Crippen molar-refractivity contribution in [2.24, 2.45) is 17.3 Å². The van der Waals surface area contributed by atoms with Crippen LogP contribution in [0.4, 0.5) is 0 Å². The molecule has 3 aliphatic carbocycles. The number of esters is 1. The summed E-state index contributed by atoms with van der Waals surface area (Å²) in [6, 6.07) is 5.58. The number of benzene rings is 1. The van der Waals surface area contributed by atoms with Crippen molar-refractivity contribution >= 4 is 5.97 Å². The van der Waals surface area contributed by atoms with Crippen molar-refractivity contribution in [1.82, 2.24) is 0 Å². The Bertz CT molecular complexity index is 724. The largest absolute Gasteiger partial charge is 0.508 e. The van der Waals surface area contributed by atoms with Crippen LogP contribution in [-0.2, 0) is 14.9 Å². The molecule has 0 radical (unpaired) electrons. The lowest BCUT2D eigenvalue weighted by Gasteiger charge is -2.56. The summed E-state index contributed by atoms with van der Waals surface area (Å²) in [5.74, 6) is 1.08. The fourth-order valence-corrected chi connectivity index (χ4v) is 6.28. The third-order valence-electron chi connectivity index (χ3n) is 7.44. The van der Waals surface area contributed by atoms with Gasteiger partial charge in [-0.1, -0.05) is 25.5 Å². The van der Waals surface area contributed by atoms with E-state index in [4.69, 9.17) is 4.74 Å². The van der Waals surface area contributed by atoms with E-state index in [1.165, 1.54) is 38.2 Å². The molecule has 0 aromatic heterocycles. The van der Waals surface area contributed by atoms with Gasteiger partial charge in [-0.15, -0.1) is 6.58 Å². The Hall–Kier alpha value is -1.77. The predicted molar refractivity (Wildman–Crippen MR) is 97.3 cm³/mol. The summed E-state index contributed by atoms with van der Waals surface area (Å²) in [6.07, 6.45) is 8.90. The molecule has 0 unspecified atom stereocenters. The standard InChI is InChI=1S/C22H28O3/c1-4-22-11-10-21(3)9-5-6-18(21)19(22)13-20(25-14(2)23)16-12-15(24)7-8-17(16)22/h4,7-8,12,18-20,24H,1,5-6,9-11,13H2,2-3H3/t18-,19-,20-,21-,22+/m0/s1. The molecule has 1 aromatic rings. The zero-order chi connectivity index (χ0) is 17.8. The first kappa shape index (κ1) is 16.7. The van der Waals surface area contributed by atoms with E-state index in [0.29, 0.717) is 17.3 Å². The van der Waals surface area contributed by atoms with Gasteiger partial charge in [-0.2, -0.15) is 0 Å². The number of rotatable bonds is 2. The molecule has 1 aromatic carbocycles. The van der Waals surface area contributed by atoms with Crippen LogP contribution in [0.2, 0.25) is 0 Å². The van der Waals surface area contributed by atoms with Gasteiger partial charge in [0, 0.05) is 17.9 Å². The van der Waals surface area contributed by atoms with Crippen molar-refractivity contribution in [3.05, 3.63) is 42.0 Å². The molecule has 0 bridgehead atoms. The molecule has 0 spiro atoms. The molecule has 25 heavy (non-hydrogen) atoms. The second-order valence-electron chi connectivity index (χ2n) is 8.61. The highest BCUT2D eigenvalue weighted by atomic mass is 16.5. The normalized spacial score (nSPS) is 39.0. The SMILES string of the molecule is C=C[C@]12CC[C@]3(C)CCC[C@H]3[C@@H]1C[C@H](OC(C)=O)c1cc(O)ccc12. The first-order valence-corrected chi connectivity index (χ1v) is 9.54. The van der Waals surface area contributed by atoms with Gasteiger partial charge in [0.1, 0.15) is 11.9 Å². The maximum atomic E-state index is 11.7. The van der Waals surface area contributed by atoms with Gasteiger partial charge in [-0.25, -0.2) is 0 Å². The van der Waals surface area contributed by atoms with E-state index in [2.05, 4.69) is 19.6 Å². The van der Waals surface area contributed by atoms with Crippen molar-refractivity contribution in [2.45, 2.75) is 63.9 Å². The molecular formula is C22H28O3. The lowest BCUT2D eigenvalue weighted by atomic mass is 9.48. The van der Waals surface area contributed by atoms with Crippen LogP contribution in [0.3, 0.4) is 0 Å². The zero-order valence-corrected chi connectivity index (χ0v) is 15.3. The van der Waals surface area contributed by atoms with Gasteiger partial charge in [-0.3, -0.25) is 4.79 Å². The van der Waals surface area contributed by atoms with Gasteiger partial charge >= 0.3 is 5.97 Å². The first-order chi connectivity index (χ1) is 11.9. The minimum absolute atomic E-state index is 0.0613. The number of ether oxygens (including phenoxy) is 1. The molecule has 2 fully saturated rings. The van der Waals surface area contributed by atoms with Gasteiger partial charge < -0.3 is 9.84 Å². The predicted octanol–water partition coefficient (Wildman–Crippen LogP) is 5.04. The highest BCUT2D eigenvalue weighted by molar-refractivity contribution is 5.66. The van der Waals surface area contributed by atoms with E-state index in [1.807, 2.05) is 6.07 Å². The highest BCUT2D eigenvalue weighted by Crippen LogP contribution is 2.65. The molecule has 0 heterocycles. The molecule has 0 aliphatic heterocycles. The molecule has 2 saturated carbocycles. The summed E-state index contributed by atoms with van der Waals surface area (Å²) in [5.41, 5.74) is 2.52. The van der Waals surface area contributed by atoms with Gasteiger partial charge in [0.25, 0.3) is 0 Å². The van der Waals surface area contributed by atoms with Crippen LogP contribution in [-0.4, -0.2) is 11.1 Å². The van der Waals surface area contributed by atoms with Crippen LogP contribution in [0, 0.1) is 17.3 Å². The molecule has 3 aliphatic rings. The molecule has 0 saturated heterocycles. The molecule has 0 amide bonds. The maximum absolute atomic E-state index is 11.7. The van der Waals surface area contributed by atoms with Crippen molar-refractivity contribution in [1.29, 1.82) is 0 Å². The molecular weight excluding hydrogens is 312 g/mol. The van der Waals surface area contributed by atoms with Gasteiger partial charge in [0.15, 0.2) is 0 Å². The van der Waals surface area contributed by atoms with Gasteiger partial charge in [-0.05, 0) is 67.1 Å². The Morgan fingerprint density at radius 3 is 2.84 bits per heavy atom. The van der Waals surface area contributed by atoms with Gasteiger partial charge in [0.05, 0.1) is 0 Å². The summed E-state index contributed by atoms with van der Waals surface area (Å²) in [6.45, 7) is 8.15. The van der Waals surface area contributed by atoms with Crippen molar-refractivity contribution in [2.75, 3.05) is 0 Å². The first-order valence-electron chi connectivity index (χ1n) is 9.54.